The molecule has 2 atom stereocenters. The summed E-state index contributed by atoms with van der Waals surface area (Å²) in [7, 11) is 1.67. The topological polar surface area (TPSA) is 106 Å². The first-order chi connectivity index (χ1) is 20.9. The Morgan fingerprint density at radius 1 is 1.11 bits per heavy atom. The minimum absolute atomic E-state index is 0.0272. The largest absolute Gasteiger partial charge is 0.444 e. The van der Waals surface area contributed by atoms with Crippen molar-refractivity contribution in [3.63, 3.8) is 0 Å². The van der Waals surface area contributed by atoms with E-state index in [2.05, 4.69) is 13.8 Å². The Morgan fingerprint density at radius 2 is 1.84 bits per heavy atom. The third-order valence-electron chi connectivity index (χ3n) is 7.92. The molecule has 3 heterocycles. The van der Waals surface area contributed by atoms with Crippen molar-refractivity contribution in [1.29, 1.82) is 0 Å². The summed E-state index contributed by atoms with van der Waals surface area (Å²) in [5.74, 6) is -0.319. The number of unbranched alkanes of at least 4 members (excludes halogenated alkanes) is 1. The number of hydrogen-bond donors (Lipinski definition) is 0. The van der Waals surface area contributed by atoms with Gasteiger partial charge < -0.3 is 33.5 Å². The maximum atomic E-state index is 14.6. The van der Waals surface area contributed by atoms with Crippen molar-refractivity contribution in [2.24, 2.45) is 11.8 Å². The van der Waals surface area contributed by atoms with E-state index in [0.717, 1.165) is 18.4 Å². The minimum Gasteiger partial charge on any atom is -0.444 e. The number of hydrogen-bond acceptors (Lipinski definition) is 7. The van der Waals surface area contributed by atoms with Gasteiger partial charge in [-0.25, -0.2) is 9.78 Å². The van der Waals surface area contributed by atoms with Crippen LogP contribution < -0.4 is 0 Å². The van der Waals surface area contributed by atoms with Crippen molar-refractivity contribution in [1.82, 2.24) is 24.3 Å². The van der Waals surface area contributed by atoms with E-state index < -0.39 is 23.7 Å². The van der Waals surface area contributed by atoms with Crippen LogP contribution in [-0.2, 0) is 25.5 Å². The molecule has 44 heavy (non-hydrogen) atoms. The fourth-order valence-corrected chi connectivity index (χ4v) is 6.14. The molecule has 244 valence electrons. The van der Waals surface area contributed by atoms with Crippen LogP contribution in [0.25, 0.3) is 11.0 Å². The number of halogens is 1. The number of rotatable bonds is 10. The van der Waals surface area contributed by atoms with Gasteiger partial charge in [0.2, 0.25) is 5.91 Å². The van der Waals surface area contributed by atoms with E-state index in [1.807, 2.05) is 42.4 Å². The van der Waals surface area contributed by atoms with E-state index in [1.165, 1.54) is 0 Å². The number of fused-ring (bicyclic) bond motifs is 1. The van der Waals surface area contributed by atoms with E-state index in [1.54, 1.807) is 23.0 Å². The molecule has 1 aromatic heterocycles. The van der Waals surface area contributed by atoms with Gasteiger partial charge >= 0.3 is 6.09 Å². The zero-order valence-corrected chi connectivity index (χ0v) is 27.8. The van der Waals surface area contributed by atoms with E-state index in [-0.39, 0.29) is 30.8 Å². The lowest BCUT2D eigenvalue weighted by atomic mass is 9.91. The molecule has 4 rings (SSSR count). The number of amides is 3. The summed E-state index contributed by atoms with van der Waals surface area (Å²) in [4.78, 5) is 51.7. The molecule has 0 radical (unpaired) electrons. The van der Waals surface area contributed by atoms with Gasteiger partial charge in [-0.05, 0) is 58.1 Å². The number of imidazole rings is 1. The average Bonchev–Trinajstić information content (AvgIpc) is 3.36. The molecule has 2 aromatic rings. The van der Waals surface area contributed by atoms with Gasteiger partial charge in [0.15, 0.2) is 5.82 Å². The molecule has 2 aliphatic rings. The fourth-order valence-electron chi connectivity index (χ4n) is 5.93. The third kappa shape index (κ3) is 8.43. The lowest BCUT2D eigenvalue weighted by Crippen LogP contribution is -2.58. The van der Waals surface area contributed by atoms with Gasteiger partial charge in [0.25, 0.3) is 5.91 Å². The number of methoxy groups -OCH3 is 1. The summed E-state index contributed by atoms with van der Waals surface area (Å²) >= 11 is 6.55. The lowest BCUT2D eigenvalue weighted by Gasteiger charge is -2.44. The number of carbonyl (C=O) groups excluding carboxylic acids is 3. The van der Waals surface area contributed by atoms with Gasteiger partial charge in [0.1, 0.15) is 11.1 Å². The van der Waals surface area contributed by atoms with E-state index in [0.29, 0.717) is 68.8 Å². The van der Waals surface area contributed by atoms with E-state index >= 15 is 0 Å². The molecule has 1 unspecified atom stereocenters. The van der Waals surface area contributed by atoms with Crippen molar-refractivity contribution in [3.8, 4) is 0 Å². The molecule has 11 nitrogen and oxygen atoms in total. The monoisotopic (exact) mass is 633 g/mol. The van der Waals surface area contributed by atoms with E-state index in [9.17, 15) is 14.4 Å². The predicted molar refractivity (Wildman–Crippen MR) is 169 cm³/mol. The number of likely N-dealkylation sites (tertiary alicyclic amines) is 1. The van der Waals surface area contributed by atoms with Crippen LogP contribution in [0, 0.1) is 11.8 Å². The van der Waals surface area contributed by atoms with Gasteiger partial charge in [-0.1, -0.05) is 31.5 Å². The second-order valence-electron chi connectivity index (χ2n) is 13.2. The Bertz CT molecular complexity index is 1300. The number of para-hydroxylation sites is 1. The van der Waals surface area contributed by atoms with Gasteiger partial charge in [-0.3, -0.25) is 9.59 Å². The van der Waals surface area contributed by atoms with Gasteiger partial charge in [0.05, 0.1) is 35.7 Å². The number of piperidine rings is 1. The summed E-state index contributed by atoms with van der Waals surface area (Å²) in [6, 6.07) is 5.14. The van der Waals surface area contributed by atoms with Crippen LogP contribution in [0.5, 0.6) is 0 Å². The number of ether oxygens (including phenoxy) is 3. The molecule has 0 N–H and O–H groups in total. The fraction of sp³-hybridized carbons (Fsp3) is 0.688. The number of morpholine rings is 1. The Labute approximate surface area is 265 Å². The van der Waals surface area contributed by atoms with Crippen molar-refractivity contribution >= 4 is 40.5 Å². The van der Waals surface area contributed by atoms with Gasteiger partial charge in [-0.2, -0.15) is 0 Å². The van der Waals surface area contributed by atoms with Crippen LogP contribution in [0.4, 0.5) is 4.79 Å². The third-order valence-corrected chi connectivity index (χ3v) is 8.22. The minimum atomic E-state index is -0.700. The maximum Gasteiger partial charge on any atom is 0.410 e. The van der Waals surface area contributed by atoms with Crippen molar-refractivity contribution in [3.05, 3.63) is 29.0 Å². The SMILES string of the molecule is COCCCCn1c(C(=O)N(CC(C)C)[C@H]2CC(C(=O)N3CCOCC3)CN(C(=O)OC(C)(C)C)C2)nc2c(Cl)cccc21. The number of aryl methyl sites for hydroxylation is 1. The highest BCUT2D eigenvalue weighted by atomic mass is 35.5. The normalized spacial score (nSPS) is 19.5. The molecular weight excluding hydrogens is 586 g/mol. The molecule has 0 saturated carbocycles. The van der Waals surface area contributed by atoms with Crippen molar-refractivity contribution < 1.29 is 28.6 Å². The van der Waals surface area contributed by atoms with Gasteiger partial charge in [-0.15, -0.1) is 0 Å². The quantitative estimate of drug-likeness (QED) is 0.349. The first-order valence-electron chi connectivity index (χ1n) is 15.7. The molecular formula is C32H48ClN5O6. The summed E-state index contributed by atoms with van der Waals surface area (Å²) < 4.78 is 18.4. The highest BCUT2D eigenvalue weighted by Gasteiger charge is 2.42. The molecule has 0 bridgehead atoms. The first-order valence-corrected chi connectivity index (χ1v) is 16.1. The summed E-state index contributed by atoms with van der Waals surface area (Å²) in [6.07, 6.45) is 1.57. The Morgan fingerprint density at radius 3 is 2.50 bits per heavy atom. The maximum absolute atomic E-state index is 14.6. The smallest absolute Gasteiger partial charge is 0.410 e. The van der Waals surface area contributed by atoms with Crippen LogP contribution in [0.15, 0.2) is 18.2 Å². The van der Waals surface area contributed by atoms with Gasteiger partial charge in [0, 0.05) is 53.0 Å². The van der Waals surface area contributed by atoms with Crippen LogP contribution in [0.3, 0.4) is 0 Å². The van der Waals surface area contributed by atoms with E-state index in [4.69, 9.17) is 30.8 Å². The highest BCUT2D eigenvalue weighted by molar-refractivity contribution is 6.35. The Kier molecular flexibility index (Phi) is 11.5. The average molecular weight is 634 g/mol. The number of carbonyl (C=O) groups is 3. The highest BCUT2D eigenvalue weighted by Crippen LogP contribution is 2.29. The zero-order chi connectivity index (χ0) is 32.0. The molecule has 2 fully saturated rings. The summed E-state index contributed by atoms with van der Waals surface area (Å²) in [6.45, 7) is 13.7. The molecule has 12 heteroatoms. The number of nitrogens with zero attached hydrogens (tertiary/aromatic N) is 5. The second-order valence-corrected chi connectivity index (χ2v) is 13.6. The van der Waals surface area contributed by atoms with Crippen molar-refractivity contribution in [2.75, 3.05) is 59.7 Å². The summed E-state index contributed by atoms with van der Waals surface area (Å²) in [5.41, 5.74) is 0.670. The van der Waals surface area contributed by atoms with Crippen LogP contribution in [0.1, 0.15) is 64.5 Å². The van der Waals surface area contributed by atoms with Crippen LogP contribution >= 0.6 is 11.6 Å². The molecule has 1 aromatic carbocycles. The zero-order valence-electron chi connectivity index (χ0n) is 27.0. The second kappa shape index (κ2) is 14.9. The van der Waals surface area contributed by atoms with Crippen molar-refractivity contribution in [2.45, 2.75) is 72.1 Å². The molecule has 2 saturated heterocycles. The first kappa shape index (κ1) is 34.0. The standard InChI is InChI=1S/C32H48ClN5O6/c1-22(2)19-38(30(40)28-34-27-25(33)10-9-11-26(27)37(28)12-7-8-15-42-6)24-18-23(29(39)35-13-16-43-17-14-35)20-36(21-24)31(41)44-32(3,4)5/h9-11,22-24H,7-8,12-21H2,1-6H3/t23?,24-/m0/s1. The molecule has 0 aliphatic carbocycles. The predicted octanol–water partition coefficient (Wildman–Crippen LogP) is 4.70. The van der Waals surface area contributed by atoms with Crippen LogP contribution in [-0.4, -0.2) is 113 Å². The Balaban J connectivity index is 1.70. The number of benzene rings is 1. The van der Waals surface area contributed by atoms with Crippen LogP contribution in [0.2, 0.25) is 5.02 Å². The molecule has 0 spiro atoms. The summed E-state index contributed by atoms with van der Waals surface area (Å²) in [5, 5.41) is 0.479. The molecule has 3 amide bonds. The number of aromatic nitrogens is 2. The molecule has 2 aliphatic heterocycles. The Hall–Kier alpha value is -2.89. The lowest BCUT2D eigenvalue weighted by molar-refractivity contribution is -0.142.